The van der Waals surface area contributed by atoms with E-state index in [1.807, 2.05) is 0 Å². The molecule has 2 aromatic carbocycles. The Morgan fingerprint density at radius 1 is 1.00 bits per heavy atom. The lowest BCUT2D eigenvalue weighted by molar-refractivity contribution is -0.137. The van der Waals surface area contributed by atoms with Crippen LogP contribution in [0.15, 0.2) is 60.7 Å². The van der Waals surface area contributed by atoms with Gasteiger partial charge in [0.05, 0.1) is 11.3 Å². The van der Waals surface area contributed by atoms with E-state index < -0.39 is 17.6 Å². The van der Waals surface area contributed by atoms with E-state index >= 15 is 0 Å². The average Bonchev–Trinajstić information content (AvgIpc) is 3.07. The topological polar surface area (TPSA) is 80.9 Å². The molecule has 0 fully saturated rings. The van der Waals surface area contributed by atoms with E-state index in [9.17, 15) is 18.0 Å². The smallest absolute Gasteiger partial charge is 0.375 e. The lowest BCUT2D eigenvalue weighted by atomic mass is 10.1. The highest BCUT2D eigenvalue weighted by Crippen LogP contribution is 2.31. The molecule has 2 heterocycles. The quantitative estimate of drug-likeness (QED) is 0.482. The summed E-state index contributed by atoms with van der Waals surface area (Å²) in [5.74, 6) is -0.519. The Bertz CT molecular complexity index is 1220. The van der Waals surface area contributed by atoms with Gasteiger partial charge in [0, 0.05) is 16.8 Å². The summed E-state index contributed by atoms with van der Waals surface area (Å²) in [7, 11) is 0. The van der Waals surface area contributed by atoms with Gasteiger partial charge in [-0.25, -0.2) is 9.97 Å². The Hall–Kier alpha value is -3.46. The van der Waals surface area contributed by atoms with Crippen molar-refractivity contribution in [1.82, 2.24) is 9.97 Å². The zero-order valence-electron chi connectivity index (χ0n) is 14.7. The lowest BCUT2D eigenvalue weighted by Crippen LogP contribution is -2.13. The number of carbonyl (C=O) groups is 1. The Morgan fingerprint density at radius 2 is 1.79 bits per heavy atom. The van der Waals surface area contributed by atoms with Crippen LogP contribution in [0.5, 0.6) is 0 Å². The lowest BCUT2D eigenvalue weighted by Gasteiger charge is -2.10. The van der Waals surface area contributed by atoms with Gasteiger partial charge in [0.1, 0.15) is 10.3 Å². The van der Waals surface area contributed by atoms with Gasteiger partial charge in [0.15, 0.2) is 5.13 Å². The van der Waals surface area contributed by atoms with Crippen LogP contribution in [0.2, 0.25) is 0 Å². The first-order valence-electron chi connectivity index (χ1n) is 8.42. The van der Waals surface area contributed by atoms with Gasteiger partial charge in [-0.1, -0.05) is 29.5 Å². The first-order valence-corrected chi connectivity index (χ1v) is 9.23. The fraction of sp³-hybridized carbons (Fsp3) is 0.0500. The molecule has 4 aromatic rings. The number of carbonyl (C=O) groups excluding carboxylic acids is 1. The van der Waals surface area contributed by atoms with Crippen LogP contribution in [0.1, 0.15) is 15.9 Å². The minimum atomic E-state index is -4.48. The van der Waals surface area contributed by atoms with Gasteiger partial charge in [-0.3, -0.25) is 4.79 Å². The van der Waals surface area contributed by atoms with Crippen LogP contribution >= 0.6 is 11.3 Å². The number of nitrogens with zero attached hydrogens (tertiary/aromatic N) is 2. The minimum Gasteiger partial charge on any atom is -0.375 e. The predicted molar refractivity (Wildman–Crippen MR) is 107 cm³/mol. The number of anilines is 2. The van der Waals surface area contributed by atoms with Gasteiger partial charge in [0.2, 0.25) is 0 Å². The number of alkyl halides is 3. The van der Waals surface area contributed by atoms with Gasteiger partial charge >= 0.3 is 6.18 Å². The second-order valence-corrected chi connectivity index (χ2v) is 7.20. The minimum absolute atomic E-state index is 0.0647. The molecule has 0 aliphatic carbocycles. The van der Waals surface area contributed by atoms with Crippen molar-refractivity contribution in [1.29, 1.82) is 0 Å². The number of aromatic nitrogens is 2. The number of benzene rings is 2. The van der Waals surface area contributed by atoms with Crippen molar-refractivity contribution in [3.05, 3.63) is 71.8 Å². The highest BCUT2D eigenvalue weighted by atomic mass is 32.1. The molecule has 1 amide bonds. The molecule has 2 aromatic heterocycles. The second-order valence-electron chi connectivity index (χ2n) is 6.19. The van der Waals surface area contributed by atoms with Crippen LogP contribution in [-0.4, -0.2) is 15.9 Å². The number of fused-ring (bicyclic) bond motifs is 1. The molecular weight excluding hydrogens is 401 g/mol. The summed E-state index contributed by atoms with van der Waals surface area (Å²) in [6.45, 7) is 0. The molecule has 0 aliphatic rings. The van der Waals surface area contributed by atoms with E-state index in [0.717, 1.165) is 12.1 Å². The Kier molecular flexibility index (Phi) is 4.67. The number of halogens is 3. The maximum atomic E-state index is 12.9. The fourth-order valence-electron chi connectivity index (χ4n) is 2.79. The van der Waals surface area contributed by atoms with Gasteiger partial charge in [-0.05, 0) is 42.5 Å². The summed E-state index contributed by atoms with van der Waals surface area (Å²) < 4.78 is 38.6. The molecular formula is C20H13F3N4OS. The summed E-state index contributed by atoms with van der Waals surface area (Å²) in [5.41, 5.74) is 7.25. The molecule has 0 atom stereocenters. The van der Waals surface area contributed by atoms with E-state index in [2.05, 4.69) is 15.3 Å². The molecule has 9 heteroatoms. The molecule has 0 unspecified atom stereocenters. The molecule has 3 N–H and O–H groups in total. The monoisotopic (exact) mass is 414 g/mol. The van der Waals surface area contributed by atoms with Crippen LogP contribution in [0.25, 0.3) is 21.6 Å². The summed E-state index contributed by atoms with van der Waals surface area (Å²) in [4.78, 5) is 21.9. The van der Waals surface area contributed by atoms with Crippen molar-refractivity contribution >= 4 is 38.4 Å². The Labute approximate surface area is 167 Å². The van der Waals surface area contributed by atoms with Crippen molar-refractivity contribution in [3.63, 3.8) is 0 Å². The molecule has 4 rings (SSSR count). The van der Waals surface area contributed by atoms with E-state index in [4.69, 9.17) is 5.73 Å². The zero-order valence-corrected chi connectivity index (χ0v) is 15.5. The van der Waals surface area contributed by atoms with E-state index in [1.165, 1.54) is 23.5 Å². The van der Waals surface area contributed by atoms with E-state index in [-0.39, 0.29) is 5.69 Å². The number of amides is 1. The van der Waals surface area contributed by atoms with Crippen molar-refractivity contribution in [2.24, 2.45) is 0 Å². The maximum absolute atomic E-state index is 12.9. The van der Waals surface area contributed by atoms with Crippen LogP contribution in [0.4, 0.5) is 24.0 Å². The largest absolute Gasteiger partial charge is 0.416 e. The molecule has 0 aliphatic heterocycles. The van der Waals surface area contributed by atoms with E-state index in [1.54, 1.807) is 36.4 Å². The van der Waals surface area contributed by atoms with Gasteiger partial charge in [0.25, 0.3) is 5.91 Å². The molecule has 0 saturated heterocycles. The fourth-order valence-corrected chi connectivity index (χ4v) is 3.50. The van der Waals surface area contributed by atoms with E-state index in [0.29, 0.717) is 32.3 Å². The molecule has 5 nitrogen and oxygen atoms in total. The zero-order chi connectivity index (χ0) is 20.6. The predicted octanol–water partition coefficient (Wildman–Crippen LogP) is 5.21. The number of hydrogen-bond acceptors (Lipinski definition) is 5. The molecule has 0 spiro atoms. The van der Waals surface area contributed by atoms with Gasteiger partial charge in [-0.2, -0.15) is 13.2 Å². The van der Waals surface area contributed by atoms with Crippen molar-refractivity contribution < 1.29 is 18.0 Å². The van der Waals surface area contributed by atoms with Crippen molar-refractivity contribution in [2.45, 2.75) is 6.18 Å². The molecule has 0 radical (unpaired) electrons. The number of nitrogen functional groups attached to an aromatic ring is 1. The Balaban J connectivity index is 1.60. The number of pyridine rings is 1. The van der Waals surface area contributed by atoms with Crippen LogP contribution in [0, 0.1) is 0 Å². The summed E-state index contributed by atoms with van der Waals surface area (Å²) in [6, 6.07) is 14.7. The van der Waals surface area contributed by atoms with Crippen LogP contribution in [0.3, 0.4) is 0 Å². The highest BCUT2D eigenvalue weighted by molar-refractivity contribution is 7.21. The van der Waals surface area contributed by atoms with Crippen molar-refractivity contribution in [2.75, 3.05) is 11.1 Å². The first-order chi connectivity index (χ1) is 13.8. The number of nitrogens with one attached hydrogen (secondary N) is 1. The normalized spacial score (nSPS) is 11.6. The third-order valence-corrected chi connectivity index (χ3v) is 4.93. The summed E-state index contributed by atoms with van der Waals surface area (Å²) >= 11 is 1.26. The van der Waals surface area contributed by atoms with Crippen molar-refractivity contribution in [3.8, 4) is 11.3 Å². The first kappa shape index (κ1) is 18.9. The molecule has 146 valence electrons. The third kappa shape index (κ3) is 4.04. The number of thiazole rings is 1. The number of rotatable bonds is 3. The molecule has 0 bridgehead atoms. The Morgan fingerprint density at radius 3 is 2.59 bits per heavy atom. The van der Waals surface area contributed by atoms with Gasteiger partial charge in [-0.15, -0.1) is 0 Å². The number of hydrogen-bond donors (Lipinski definition) is 2. The average molecular weight is 414 g/mol. The van der Waals surface area contributed by atoms with Gasteiger partial charge < -0.3 is 11.1 Å². The number of nitrogens with two attached hydrogens (primary N) is 1. The molecule has 0 saturated carbocycles. The summed E-state index contributed by atoms with van der Waals surface area (Å²) in [5, 5.41) is 2.91. The standard InChI is InChI=1S/C20H13F3N4OS/c21-20(22,23)13-5-2-6-14(10-13)25-17(28)12-4-1-3-11(9-12)15-7-8-16-18(26-15)29-19(24)27-16/h1-10H,(H2,24,27)(H,25,28). The molecule has 29 heavy (non-hydrogen) atoms. The third-order valence-electron chi connectivity index (χ3n) is 4.14. The maximum Gasteiger partial charge on any atom is 0.416 e. The van der Waals surface area contributed by atoms with Crippen LogP contribution in [-0.2, 0) is 6.18 Å². The second kappa shape index (κ2) is 7.17. The van der Waals surface area contributed by atoms with Crippen LogP contribution < -0.4 is 11.1 Å². The summed E-state index contributed by atoms with van der Waals surface area (Å²) in [6.07, 6.45) is -4.48. The SMILES string of the molecule is Nc1nc2ccc(-c3cccc(C(=O)Nc4cccc(C(F)(F)F)c4)c3)nc2s1. The highest BCUT2D eigenvalue weighted by Gasteiger charge is 2.30.